The Morgan fingerprint density at radius 2 is 1.89 bits per heavy atom. The van der Waals surface area contributed by atoms with Crippen LogP contribution in [0.25, 0.3) is 0 Å². The van der Waals surface area contributed by atoms with Crippen molar-refractivity contribution in [1.29, 1.82) is 0 Å². The fourth-order valence-electron chi connectivity index (χ4n) is 1.53. The van der Waals surface area contributed by atoms with Crippen LogP contribution in [0.3, 0.4) is 0 Å². The standard InChI is InChI=1S/C14H19F2NO/c1-9(2)4-5-18-14-12(15)7-11(6-10(3)17)8-13(14)16/h4,7-8,10H,5-6,17H2,1-3H3. The number of rotatable bonds is 5. The van der Waals surface area contributed by atoms with Gasteiger partial charge in [-0.05, 0) is 51.0 Å². The molecule has 0 aromatic heterocycles. The number of hydrogen-bond donors (Lipinski definition) is 1. The molecule has 0 aliphatic heterocycles. The molecule has 18 heavy (non-hydrogen) atoms. The number of nitrogens with two attached hydrogens (primary N) is 1. The lowest BCUT2D eigenvalue weighted by Crippen LogP contribution is -2.18. The van der Waals surface area contributed by atoms with E-state index in [9.17, 15) is 8.78 Å². The van der Waals surface area contributed by atoms with Crippen LogP contribution >= 0.6 is 0 Å². The maximum absolute atomic E-state index is 13.7. The van der Waals surface area contributed by atoms with Crippen molar-refractivity contribution in [3.05, 3.63) is 41.0 Å². The van der Waals surface area contributed by atoms with Gasteiger partial charge < -0.3 is 10.5 Å². The van der Waals surface area contributed by atoms with Gasteiger partial charge in [0.1, 0.15) is 6.61 Å². The zero-order chi connectivity index (χ0) is 13.7. The van der Waals surface area contributed by atoms with Crippen LogP contribution in [0.4, 0.5) is 8.78 Å². The van der Waals surface area contributed by atoms with Crippen LogP contribution < -0.4 is 10.5 Å². The van der Waals surface area contributed by atoms with E-state index < -0.39 is 11.6 Å². The van der Waals surface area contributed by atoms with Crippen LogP contribution in [-0.2, 0) is 6.42 Å². The Labute approximate surface area is 106 Å². The van der Waals surface area contributed by atoms with Crippen LogP contribution in [0.1, 0.15) is 26.3 Å². The Balaban J connectivity index is 2.84. The van der Waals surface area contributed by atoms with Crippen LogP contribution in [-0.4, -0.2) is 12.6 Å². The predicted molar refractivity (Wildman–Crippen MR) is 68.6 cm³/mol. The normalized spacial score (nSPS) is 12.1. The van der Waals surface area contributed by atoms with Gasteiger partial charge in [-0.2, -0.15) is 0 Å². The van der Waals surface area contributed by atoms with Crippen molar-refractivity contribution in [2.75, 3.05) is 6.61 Å². The quantitative estimate of drug-likeness (QED) is 0.820. The second-order valence-electron chi connectivity index (χ2n) is 4.66. The third-order valence-electron chi connectivity index (χ3n) is 2.33. The van der Waals surface area contributed by atoms with Crippen LogP contribution in [0.2, 0.25) is 0 Å². The lowest BCUT2D eigenvalue weighted by molar-refractivity contribution is 0.319. The first kappa shape index (κ1) is 14.6. The molecule has 0 saturated heterocycles. The van der Waals surface area contributed by atoms with Crippen molar-refractivity contribution in [3.8, 4) is 5.75 Å². The van der Waals surface area contributed by atoms with Gasteiger partial charge in [0, 0.05) is 6.04 Å². The fourth-order valence-corrected chi connectivity index (χ4v) is 1.53. The SMILES string of the molecule is CC(C)=CCOc1c(F)cc(CC(C)N)cc1F. The Morgan fingerprint density at radius 3 is 2.33 bits per heavy atom. The molecule has 0 amide bonds. The first-order valence-electron chi connectivity index (χ1n) is 5.89. The van der Waals surface area contributed by atoms with E-state index in [2.05, 4.69) is 0 Å². The summed E-state index contributed by atoms with van der Waals surface area (Å²) in [5.74, 6) is -1.71. The molecule has 100 valence electrons. The van der Waals surface area contributed by atoms with Crippen molar-refractivity contribution >= 4 is 0 Å². The maximum Gasteiger partial charge on any atom is 0.191 e. The van der Waals surface area contributed by atoms with Crippen molar-refractivity contribution in [2.45, 2.75) is 33.2 Å². The first-order valence-corrected chi connectivity index (χ1v) is 5.89. The van der Waals surface area contributed by atoms with Crippen molar-refractivity contribution in [3.63, 3.8) is 0 Å². The minimum atomic E-state index is -0.687. The monoisotopic (exact) mass is 255 g/mol. The summed E-state index contributed by atoms with van der Waals surface area (Å²) in [6.45, 7) is 5.72. The molecule has 1 unspecified atom stereocenters. The van der Waals surface area contributed by atoms with E-state index in [1.807, 2.05) is 13.8 Å². The van der Waals surface area contributed by atoms with Gasteiger partial charge in [0.05, 0.1) is 0 Å². The van der Waals surface area contributed by atoms with Crippen molar-refractivity contribution < 1.29 is 13.5 Å². The molecule has 2 nitrogen and oxygen atoms in total. The highest BCUT2D eigenvalue weighted by molar-refractivity contribution is 5.32. The van der Waals surface area contributed by atoms with E-state index in [1.165, 1.54) is 12.1 Å². The van der Waals surface area contributed by atoms with Crippen LogP contribution in [0, 0.1) is 11.6 Å². The predicted octanol–water partition coefficient (Wildman–Crippen LogP) is 3.20. The van der Waals surface area contributed by atoms with E-state index in [-0.39, 0.29) is 18.4 Å². The summed E-state index contributed by atoms with van der Waals surface area (Å²) in [6, 6.07) is 2.40. The second kappa shape index (κ2) is 6.50. The molecule has 0 saturated carbocycles. The van der Waals surface area contributed by atoms with E-state index in [4.69, 9.17) is 10.5 Å². The Morgan fingerprint density at radius 1 is 1.33 bits per heavy atom. The topological polar surface area (TPSA) is 35.2 Å². The molecule has 0 aliphatic rings. The lowest BCUT2D eigenvalue weighted by Gasteiger charge is -2.10. The van der Waals surface area contributed by atoms with Crippen molar-refractivity contribution in [2.24, 2.45) is 5.73 Å². The molecule has 1 aromatic rings. The summed E-state index contributed by atoms with van der Waals surface area (Å²) in [6.07, 6.45) is 2.19. The smallest absolute Gasteiger partial charge is 0.191 e. The highest BCUT2D eigenvalue weighted by atomic mass is 19.1. The summed E-state index contributed by atoms with van der Waals surface area (Å²) >= 11 is 0. The fraction of sp³-hybridized carbons (Fsp3) is 0.429. The molecule has 0 fully saturated rings. The van der Waals surface area contributed by atoms with Gasteiger partial charge in [0.25, 0.3) is 0 Å². The van der Waals surface area contributed by atoms with E-state index in [0.29, 0.717) is 12.0 Å². The number of halogens is 2. The lowest BCUT2D eigenvalue weighted by atomic mass is 10.1. The summed E-state index contributed by atoms with van der Waals surface area (Å²) in [5.41, 5.74) is 7.16. The van der Waals surface area contributed by atoms with Crippen molar-refractivity contribution in [1.82, 2.24) is 0 Å². The second-order valence-corrected chi connectivity index (χ2v) is 4.66. The van der Waals surface area contributed by atoms with Gasteiger partial charge >= 0.3 is 0 Å². The molecule has 0 aliphatic carbocycles. The molecule has 2 N–H and O–H groups in total. The van der Waals surface area contributed by atoms with Crippen LogP contribution in [0.5, 0.6) is 5.75 Å². The summed E-state index contributed by atoms with van der Waals surface area (Å²) in [7, 11) is 0. The molecule has 1 aromatic carbocycles. The van der Waals surface area contributed by atoms with Gasteiger partial charge in [-0.25, -0.2) is 8.78 Å². The van der Waals surface area contributed by atoms with Gasteiger partial charge in [-0.1, -0.05) is 5.57 Å². The zero-order valence-corrected chi connectivity index (χ0v) is 11.0. The molecular weight excluding hydrogens is 236 g/mol. The van der Waals surface area contributed by atoms with E-state index in [1.54, 1.807) is 13.0 Å². The molecule has 1 atom stereocenters. The third-order valence-corrected chi connectivity index (χ3v) is 2.33. The molecule has 0 spiro atoms. The number of hydrogen-bond acceptors (Lipinski definition) is 2. The molecular formula is C14H19F2NO. The van der Waals surface area contributed by atoms with E-state index >= 15 is 0 Å². The minimum absolute atomic E-state index is 0.138. The molecule has 0 bridgehead atoms. The minimum Gasteiger partial charge on any atom is -0.483 e. The average molecular weight is 255 g/mol. The van der Waals surface area contributed by atoms with Gasteiger partial charge in [-0.15, -0.1) is 0 Å². The summed E-state index contributed by atoms with van der Waals surface area (Å²) < 4.78 is 32.4. The summed E-state index contributed by atoms with van der Waals surface area (Å²) in [4.78, 5) is 0. The number of allylic oxidation sites excluding steroid dienone is 1. The largest absolute Gasteiger partial charge is 0.483 e. The van der Waals surface area contributed by atoms with Crippen LogP contribution in [0.15, 0.2) is 23.8 Å². The molecule has 0 radical (unpaired) electrons. The Hall–Kier alpha value is -1.42. The molecule has 1 rings (SSSR count). The maximum atomic E-state index is 13.7. The average Bonchev–Trinajstić information content (AvgIpc) is 2.20. The van der Waals surface area contributed by atoms with E-state index in [0.717, 1.165) is 5.57 Å². The van der Waals surface area contributed by atoms with Gasteiger partial charge in [-0.3, -0.25) is 0 Å². The Bertz CT molecular complexity index is 414. The number of ether oxygens (including phenoxy) is 1. The highest BCUT2D eigenvalue weighted by Gasteiger charge is 2.13. The zero-order valence-electron chi connectivity index (χ0n) is 11.0. The molecule has 0 heterocycles. The highest BCUT2D eigenvalue weighted by Crippen LogP contribution is 2.24. The summed E-state index contributed by atoms with van der Waals surface area (Å²) in [5, 5.41) is 0. The Kier molecular flexibility index (Phi) is 5.28. The number of benzene rings is 1. The third kappa shape index (κ3) is 4.45. The van der Waals surface area contributed by atoms with Gasteiger partial charge in [0.15, 0.2) is 17.4 Å². The molecule has 4 heteroatoms. The first-order chi connectivity index (χ1) is 8.40. The van der Waals surface area contributed by atoms with Gasteiger partial charge in [0.2, 0.25) is 0 Å².